The Labute approximate surface area is 92.0 Å². The average Bonchev–Trinajstić information content (AvgIpc) is 1.97. The second-order valence-electron chi connectivity index (χ2n) is 3.80. The normalized spacial score (nSPS) is 16.1. The highest BCUT2D eigenvalue weighted by Crippen LogP contribution is 2.49. The maximum Gasteiger partial charge on any atom is 0.426 e. The summed E-state index contributed by atoms with van der Waals surface area (Å²) < 4.78 is 73.9. The molecule has 17 heavy (non-hydrogen) atoms. The fourth-order valence-electron chi connectivity index (χ4n) is 1.44. The van der Waals surface area contributed by atoms with Crippen LogP contribution in [0.3, 0.4) is 0 Å². The van der Waals surface area contributed by atoms with Crippen LogP contribution in [0.2, 0.25) is 0 Å². The van der Waals surface area contributed by atoms with Crippen molar-refractivity contribution in [1.82, 2.24) is 0 Å². The van der Waals surface area contributed by atoms with Gasteiger partial charge in [-0.1, -0.05) is 13.8 Å². The average molecular weight is 267 g/mol. The van der Waals surface area contributed by atoms with Crippen molar-refractivity contribution in [3.8, 4) is 0 Å². The van der Waals surface area contributed by atoms with Gasteiger partial charge >= 0.3 is 12.4 Å². The predicted molar refractivity (Wildman–Crippen MR) is 40.4 cm³/mol. The fourth-order valence-corrected chi connectivity index (χ4v) is 1.44. The molecule has 0 aromatic heterocycles. The van der Waals surface area contributed by atoms with E-state index in [4.69, 9.17) is 5.11 Å². The van der Waals surface area contributed by atoms with Crippen LogP contribution in [0.15, 0.2) is 0 Å². The summed E-state index contributed by atoms with van der Waals surface area (Å²) in [6, 6.07) is 0. The Kier molecular flexibility index (Phi) is 4.10. The molecule has 0 aliphatic carbocycles. The van der Waals surface area contributed by atoms with Crippen molar-refractivity contribution >= 4 is 5.97 Å². The van der Waals surface area contributed by atoms with E-state index in [9.17, 15) is 36.2 Å². The zero-order valence-electron chi connectivity index (χ0n) is 8.69. The Bertz CT molecular complexity index is 279. The maximum absolute atomic E-state index is 12.3. The standard InChI is InChI=1S/C8H10F6O3/c1-3(2)4(5(15)16)6(17,7(9,10)11)8(12,13)14/h3-4,17H,1-2H3,(H,15,16)/p-1. The molecule has 0 saturated heterocycles. The zero-order valence-corrected chi connectivity index (χ0v) is 8.69. The molecule has 0 radical (unpaired) electrons. The van der Waals surface area contributed by atoms with E-state index in [1.54, 1.807) is 0 Å². The van der Waals surface area contributed by atoms with Crippen LogP contribution in [-0.4, -0.2) is 29.0 Å². The van der Waals surface area contributed by atoms with Gasteiger partial charge in [0.1, 0.15) is 0 Å². The molecule has 0 fully saturated rings. The van der Waals surface area contributed by atoms with Crippen LogP contribution in [0.4, 0.5) is 26.3 Å². The van der Waals surface area contributed by atoms with E-state index in [0.717, 1.165) is 13.8 Å². The van der Waals surface area contributed by atoms with Gasteiger partial charge in [-0.2, -0.15) is 26.3 Å². The van der Waals surface area contributed by atoms with E-state index >= 15 is 0 Å². The molecule has 0 amide bonds. The molecular weight excluding hydrogens is 258 g/mol. The molecule has 102 valence electrons. The summed E-state index contributed by atoms with van der Waals surface area (Å²) in [7, 11) is 0. The Morgan fingerprint density at radius 3 is 1.41 bits per heavy atom. The third-order valence-corrected chi connectivity index (χ3v) is 2.24. The first-order chi connectivity index (χ1) is 7.26. The van der Waals surface area contributed by atoms with E-state index in [2.05, 4.69) is 0 Å². The minimum absolute atomic E-state index is 0.808. The smallest absolute Gasteiger partial charge is 0.426 e. The number of alkyl halides is 6. The van der Waals surface area contributed by atoms with Gasteiger partial charge in [-0.15, -0.1) is 0 Å². The predicted octanol–water partition coefficient (Wildman–Crippen LogP) is 0.864. The quantitative estimate of drug-likeness (QED) is 0.772. The molecule has 0 saturated carbocycles. The Hall–Kier alpha value is -0.990. The highest BCUT2D eigenvalue weighted by atomic mass is 19.4. The third-order valence-electron chi connectivity index (χ3n) is 2.24. The second-order valence-corrected chi connectivity index (χ2v) is 3.80. The van der Waals surface area contributed by atoms with Gasteiger partial charge in [0.05, 0.1) is 0 Å². The van der Waals surface area contributed by atoms with E-state index in [-0.39, 0.29) is 0 Å². The molecule has 9 heteroatoms. The number of aliphatic carboxylic acids is 1. The maximum atomic E-state index is 12.3. The summed E-state index contributed by atoms with van der Waals surface area (Å²) in [4.78, 5) is 10.4. The summed E-state index contributed by atoms with van der Waals surface area (Å²) in [5, 5.41) is 19.2. The molecule has 1 N–H and O–H groups in total. The van der Waals surface area contributed by atoms with Crippen LogP contribution in [-0.2, 0) is 4.79 Å². The van der Waals surface area contributed by atoms with E-state index < -0.39 is 35.8 Å². The lowest BCUT2D eigenvalue weighted by atomic mass is 9.78. The van der Waals surface area contributed by atoms with Gasteiger partial charge in [-0.25, -0.2) is 0 Å². The number of aliphatic hydroxyl groups is 1. The number of hydrogen-bond acceptors (Lipinski definition) is 3. The first-order valence-electron chi connectivity index (χ1n) is 4.33. The molecule has 0 rings (SSSR count). The molecule has 0 heterocycles. The SMILES string of the molecule is CC(C)C(C(=O)[O-])C(O)(C(F)(F)F)C(F)(F)F. The van der Waals surface area contributed by atoms with Crippen LogP contribution >= 0.6 is 0 Å². The molecule has 0 bridgehead atoms. The lowest BCUT2D eigenvalue weighted by Gasteiger charge is -2.41. The van der Waals surface area contributed by atoms with Gasteiger partial charge in [0.15, 0.2) is 0 Å². The first kappa shape index (κ1) is 16.0. The summed E-state index contributed by atoms with van der Waals surface area (Å²) in [5.41, 5.74) is -5.33. The molecule has 0 spiro atoms. The molecule has 1 unspecified atom stereocenters. The van der Waals surface area contributed by atoms with Crippen molar-refractivity contribution < 1.29 is 41.4 Å². The van der Waals surface area contributed by atoms with Gasteiger partial charge < -0.3 is 15.0 Å². The molecule has 1 atom stereocenters. The zero-order chi connectivity index (χ0) is 14.2. The number of carbonyl (C=O) groups excluding carboxylic acids is 1. The van der Waals surface area contributed by atoms with E-state index in [0.29, 0.717) is 0 Å². The summed E-state index contributed by atoms with van der Waals surface area (Å²) in [6.07, 6.45) is -12.3. The lowest BCUT2D eigenvalue weighted by molar-refractivity contribution is -0.400. The second kappa shape index (κ2) is 4.35. The van der Waals surface area contributed by atoms with Crippen molar-refractivity contribution in [2.45, 2.75) is 31.8 Å². The minimum atomic E-state index is -6.17. The first-order valence-corrected chi connectivity index (χ1v) is 4.33. The van der Waals surface area contributed by atoms with Crippen molar-refractivity contribution in [1.29, 1.82) is 0 Å². The Balaban J connectivity index is 5.87. The number of carbonyl (C=O) groups is 1. The van der Waals surface area contributed by atoms with Gasteiger partial charge in [-0.3, -0.25) is 0 Å². The molecule has 0 aromatic carbocycles. The van der Waals surface area contributed by atoms with E-state index in [1.807, 2.05) is 0 Å². The van der Waals surface area contributed by atoms with Crippen LogP contribution in [0, 0.1) is 11.8 Å². The number of carboxylic acid groups (broad SMARTS) is 1. The topological polar surface area (TPSA) is 60.4 Å². The molecule has 0 aromatic rings. The van der Waals surface area contributed by atoms with Gasteiger partial charge in [-0.05, 0) is 5.92 Å². The number of carboxylic acids is 1. The number of rotatable bonds is 3. The largest absolute Gasteiger partial charge is 0.550 e. The number of hydrogen-bond donors (Lipinski definition) is 1. The summed E-state index contributed by atoms with van der Waals surface area (Å²) in [6.45, 7) is 1.62. The van der Waals surface area contributed by atoms with Crippen molar-refractivity contribution in [2.75, 3.05) is 0 Å². The van der Waals surface area contributed by atoms with E-state index in [1.165, 1.54) is 0 Å². The Morgan fingerprint density at radius 1 is 1.06 bits per heavy atom. The highest BCUT2D eigenvalue weighted by molar-refractivity contribution is 5.70. The van der Waals surface area contributed by atoms with Gasteiger partial charge in [0, 0.05) is 11.9 Å². The van der Waals surface area contributed by atoms with Crippen LogP contribution in [0.5, 0.6) is 0 Å². The van der Waals surface area contributed by atoms with Crippen LogP contribution in [0.1, 0.15) is 13.8 Å². The van der Waals surface area contributed by atoms with Crippen LogP contribution in [0.25, 0.3) is 0 Å². The van der Waals surface area contributed by atoms with Crippen molar-refractivity contribution in [2.24, 2.45) is 11.8 Å². The number of halogens is 6. The Morgan fingerprint density at radius 2 is 1.35 bits per heavy atom. The monoisotopic (exact) mass is 267 g/mol. The van der Waals surface area contributed by atoms with Crippen LogP contribution < -0.4 is 5.11 Å². The summed E-state index contributed by atoms with van der Waals surface area (Å²) in [5.74, 6) is -7.37. The summed E-state index contributed by atoms with van der Waals surface area (Å²) >= 11 is 0. The third kappa shape index (κ3) is 2.64. The van der Waals surface area contributed by atoms with Crippen molar-refractivity contribution in [3.63, 3.8) is 0 Å². The van der Waals surface area contributed by atoms with Crippen molar-refractivity contribution in [3.05, 3.63) is 0 Å². The highest BCUT2D eigenvalue weighted by Gasteiger charge is 2.74. The van der Waals surface area contributed by atoms with Gasteiger partial charge in [0.25, 0.3) is 5.60 Å². The minimum Gasteiger partial charge on any atom is -0.550 e. The lowest BCUT2D eigenvalue weighted by Crippen LogP contribution is -2.66. The molecule has 0 aliphatic heterocycles. The molecule has 3 nitrogen and oxygen atoms in total. The van der Waals surface area contributed by atoms with Gasteiger partial charge in [0.2, 0.25) is 0 Å². The molecule has 0 aliphatic rings. The molecular formula is C8H9F6O3-. The fraction of sp³-hybridized carbons (Fsp3) is 0.875.